The molecule has 0 amide bonds. The zero-order valence-corrected chi connectivity index (χ0v) is 15.8. The lowest BCUT2D eigenvalue weighted by molar-refractivity contribution is 0.376. The van der Waals surface area contributed by atoms with Gasteiger partial charge in [-0.25, -0.2) is 4.39 Å². The highest BCUT2D eigenvalue weighted by atomic mass is 79.9. The van der Waals surface area contributed by atoms with Crippen LogP contribution in [0.2, 0.25) is 5.02 Å². The van der Waals surface area contributed by atoms with Crippen molar-refractivity contribution < 1.29 is 8.91 Å². The van der Waals surface area contributed by atoms with Crippen molar-refractivity contribution >= 4 is 50.5 Å². The van der Waals surface area contributed by atoms with Crippen LogP contribution in [0.25, 0.3) is 11.4 Å². The topological polar surface area (TPSA) is 63.0 Å². The molecular formula is C16H11BrClFN4OS. The fourth-order valence-electron chi connectivity index (χ4n) is 1.99. The number of aromatic nitrogens is 2. The highest BCUT2D eigenvalue weighted by molar-refractivity contribution is 9.10. The van der Waals surface area contributed by atoms with Crippen LogP contribution in [0, 0.1) is 5.82 Å². The summed E-state index contributed by atoms with van der Waals surface area (Å²) in [4.78, 5) is 4.26. The van der Waals surface area contributed by atoms with Gasteiger partial charge in [0.15, 0.2) is 5.11 Å². The number of nitrogens with zero attached hydrogens (tertiary/aromatic N) is 2. The maximum atomic E-state index is 13.8. The van der Waals surface area contributed by atoms with Gasteiger partial charge in [-0.15, -0.1) is 0 Å². The van der Waals surface area contributed by atoms with Crippen molar-refractivity contribution in [3.63, 3.8) is 0 Å². The fraction of sp³-hybridized carbons (Fsp3) is 0.0625. The molecule has 2 N–H and O–H groups in total. The van der Waals surface area contributed by atoms with E-state index in [1.54, 1.807) is 24.3 Å². The van der Waals surface area contributed by atoms with Crippen LogP contribution < -0.4 is 10.6 Å². The predicted octanol–water partition coefficient (Wildman–Crippen LogP) is 4.78. The molecule has 0 aliphatic heterocycles. The van der Waals surface area contributed by atoms with Crippen LogP contribution >= 0.6 is 39.7 Å². The smallest absolute Gasteiger partial charge is 0.246 e. The van der Waals surface area contributed by atoms with Crippen LogP contribution in [-0.4, -0.2) is 15.3 Å². The van der Waals surface area contributed by atoms with Crippen molar-refractivity contribution in [2.75, 3.05) is 5.32 Å². The standard InChI is InChI=1S/C16H11BrClFN4OS/c17-9-5-6-13(12(19)7-9)21-16(25)20-8-14-22-15(23-24-14)10-3-1-2-4-11(10)18/h1-7H,8H2,(H2,20,21,25). The summed E-state index contributed by atoms with van der Waals surface area (Å²) in [5.74, 6) is 0.299. The Bertz CT molecular complexity index is 921. The Hall–Kier alpha value is -2.03. The molecular weight excluding hydrogens is 431 g/mol. The third kappa shape index (κ3) is 4.53. The Morgan fingerprint density at radius 3 is 2.84 bits per heavy atom. The molecule has 0 bridgehead atoms. The van der Waals surface area contributed by atoms with Gasteiger partial charge < -0.3 is 15.2 Å². The van der Waals surface area contributed by atoms with E-state index in [0.717, 1.165) is 0 Å². The number of hydrogen-bond donors (Lipinski definition) is 2. The molecule has 128 valence electrons. The van der Waals surface area contributed by atoms with Crippen molar-refractivity contribution in [2.24, 2.45) is 0 Å². The molecule has 2 aromatic carbocycles. The van der Waals surface area contributed by atoms with Gasteiger partial charge in [-0.05, 0) is 42.5 Å². The molecule has 0 saturated heterocycles. The first-order valence-corrected chi connectivity index (χ1v) is 8.68. The highest BCUT2D eigenvalue weighted by Gasteiger charge is 2.12. The van der Waals surface area contributed by atoms with Gasteiger partial charge in [-0.2, -0.15) is 4.98 Å². The summed E-state index contributed by atoms with van der Waals surface area (Å²) in [6.07, 6.45) is 0. The first-order valence-electron chi connectivity index (χ1n) is 7.10. The summed E-state index contributed by atoms with van der Waals surface area (Å²) in [6.45, 7) is 0.196. The van der Waals surface area contributed by atoms with E-state index in [1.807, 2.05) is 12.1 Å². The predicted molar refractivity (Wildman–Crippen MR) is 102 cm³/mol. The summed E-state index contributed by atoms with van der Waals surface area (Å²) < 4.78 is 19.6. The van der Waals surface area contributed by atoms with Crippen molar-refractivity contribution in [3.8, 4) is 11.4 Å². The molecule has 0 aliphatic rings. The van der Waals surface area contributed by atoms with E-state index in [4.69, 9.17) is 28.3 Å². The zero-order valence-electron chi connectivity index (χ0n) is 12.6. The Kier molecular flexibility index (Phi) is 5.62. The normalized spacial score (nSPS) is 10.5. The van der Waals surface area contributed by atoms with Gasteiger partial charge in [0.1, 0.15) is 5.82 Å². The average Bonchev–Trinajstić information content (AvgIpc) is 3.05. The van der Waals surface area contributed by atoms with E-state index in [9.17, 15) is 4.39 Å². The van der Waals surface area contributed by atoms with Crippen LogP contribution in [0.15, 0.2) is 51.5 Å². The van der Waals surface area contributed by atoms with E-state index in [0.29, 0.717) is 26.8 Å². The van der Waals surface area contributed by atoms with Gasteiger partial charge in [0.2, 0.25) is 11.7 Å². The Balaban J connectivity index is 1.60. The van der Waals surface area contributed by atoms with Gasteiger partial charge in [0, 0.05) is 10.0 Å². The number of thiocarbonyl (C=S) groups is 1. The van der Waals surface area contributed by atoms with Crippen LogP contribution in [0.1, 0.15) is 5.89 Å². The van der Waals surface area contributed by atoms with Crippen molar-refractivity contribution in [1.82, 2.24) is 15.5 Å². The number of benzene rings is 2. The van der Waals surface area contributed by atoms with Gasteiger partial charge in [-0.1, -0.05) is 44.8 Å². The lowest BCUT2D eigenvalue weighted by Gasteiger charge is -2.09. The molecule has 25 heavy (non-hydrogen) atoms. The minimum absolute atomic E-state index is 0.196. The number of anilines is 1. The molecule has 3 aromatic rings. The fourth-order valence-corrected chi connectivity index (χ4v) is 2.73. The Labute approximate surface area is 161 Å². The lowest BCUT2D eigenvalue weighted by Crippen LogP contribution is -2.28. The van der Waals surface area contributed by atoms with Crippen LogP contribution in [0.5, 0.6) is 0 Å². The Morgan fingerprint density at radius 2 is 2.08 bits per heavy atom. The summed E-state index contributed by atoms with van der Waals surface area (Å²) in [6, 6.07) is 11.8. The molecule has 9 heteroatoms. The third-order valence-electron chi connectivity index (χ3n) is 3.16. The average molecular weight is 442 g/mol. The number of hydrogen-bond acceptors (Lipinski definition) is 4. The largest absolute Gasteiger partial charge is 0.353 e. The van der Waals surface area contributed by atoms with Crippen molar-refractivity contribution in [3.05, 3.63) is 63.7 Å². The quantitative estimate of drug-likeness (QED) is 0.568. The summed E-state index contributed by atoms with van der Waals surface area (Å²) >= 11 is 14.4. The second kappa shape index (κ2) is 7.90. The van der Waals surface area contributed by atoms with E-state index in [1.165, 1.54) is 6.07 Å². The van der Waals surface area contributed by atoms with Gasteiger partial charge in [0.05, 0.1) is 17.3 Å². The van der Waals surface area contributed by atoms with Crippen LogP contribution in [0.4, 0.5) is 10.1 Å². The molecule has 0 radical (unpaired) electrons. The number of rotatable bonds is 4. The number of halogens is 3. The van der Waals surface area contributed by atoms with Crippen molar-refractivity contribution in [1.29, 1.82) is 0 Å². The van der Waals surface area contributed by atoms with E-state index >= 15 is 0 Å². The molecule has 3 rings (SSSR count). The molecule has 0 saturated carbocycles. The lowest BCUT2D eigenvalue weighted by atomic mass is 10.2. The SMILES string of the molecule is Fc1cc(Br)ccc1NC(=S)NCc1nc(-c2ccccc2Cl)no1. The maximum absolute atomic E-state index is 13.8. The minimum Gasteiger partial charge on any atom is -0.353 e. The summed E-state index contributed by atoms with van der Waals surface area (Å²) in [7, 11) is 0. The molecule has 1 aromatic heterocycles. The molecule has 1 heterocycles. The monoisotopic (exact) mass is 440 g/mol. The van der Waals surface area contributed by atoms with Gasteiger partial charge >= 0.3 is 0 Å². The molecule has 0 spiro atoms. The molecule has 5 nitrogen and oxygen atoms in total. The Morgan fingerprint density at radius 1 is 1.28 bits per heavy atom. The molecule has 0 unspecified atom stereocenters. The zero-order chi connectivity index (χ0) is 17.8. The van der Waals surface area contributed by atoms with Crippen molar-refractivity contribution in [2.45, 2.75) is 6.54 Å². The van der Waals surface area contributed by atoms with Gasteiger partial charge in [0.25, 0.3) is 0 Å². The highest BCUT2D eigenvalue weighted by Crippen LogP contribution is 2.24. The minimum atomic E-state index is -0.419. The van der Waals surface area contributed by atoms with Crippen LogP contribution in [0.3, 0.4) is 0 Å². The third-order valence-corrected chi connectivity index (χ3v) is 4.23. The second-order valence-electron chi connectivity index (χ2n) is 4.92. The molecule has 0 atom stereocenters. The molecule has 0 fully saturated rings. The van der Waals surface area contributed by atoms with Crippen LogP contribution in [-0.2, 0) is 6.54 Å². The van der Waals surface area contributed by atoms with E-state index in [2.05, 4.69) is 36.7 Å². The van der Waals surface area contributed by atoms with Gasteiger partial charge in [-0.3, -0.25) is 0 Å². The first-order chi connectivity index (χ1) is 12.0. The maximum Gasteiger partial charge on any atom is 0.246 e. The summed E-state index contributed by atoms with van der Waals surface area (Å²) in [5.41, 5.74) is 0.944. The second-order valence-corrected chi connectivity index (χ2v) is 6.65. The number of nitrogens with one attached hydrogen (secondary N) is 2. The van der Waals surface area contributed by atoms with E-state index in [-0.39, 0.29) is 17.3 Å². The summed E-state index contributed by atoms with van der Waals surface area (Å²) in [5, 5.41) is 10.3. The first kappa shape index (κ1) is 17.8. The van der Waals surface area contributed by atoms with E-state index < -0.39 is 5.82 Å². The molecule has 0 aliphatic carbocycles.